The molecule has 0 fully saturated rings. The fourth-order valence-electron chi connectivity index (χ4n) is 4.18. The number of Topliss-reactive ketones (excluding diaryl/α,β-unsaturated/α-hetero) is 1. The second-order valence-corrected chi connectivity index (χ2v) is 8.64. The predicted octanol–water partition coefficient (Wildman–Crippen LogP) is 6.17. The summed E-state index contributed by atoms with van der Waals surface area (Å²) in [7, 11) is 0. The molecule has 0 radical (unpaired) electrons. The molecule has 0 bridgehead atoms. The highest BCUT2D eigenvalue weighted by Crippen LogP contribution is 2.31. The molecule has 0 unspecified atom stereocenters. The maximum absolute atomic E-state index is 12.6. The zero-order chi connectivity index (χ0) is 24.8. The first-order chi connectivity index (χ1) is 17.0. The van der Waals surface area contributed by atoms with Gasteiger partial charge in [-0.25, -0.2) is 0 Å². The normalized spacial score (nSPS) is 10.9. The third-order valence-corrected chi connectivity index (χ3v) is 6.11. The molecule has 35 heavy (non-hydrogen) atoms. The van der Waals surface area contributed by atoms with Gasteiger partial charge in [0, 0.05) is 29.5 Å². The number of hydrogen-bond acceptors (Lipinski definition) is 5. The number of amides is 1. The summed E-state index contributed by atoms with van der Waals surface area (Å²) in [5.41, 5.74) is 12.2. The molecule has 1 heterocycles. The number of aryl methyl sites for hydroxylation is 2. The summed E-state index contributed by atoms with van der Waals surface area (Å²) in [5.74, 6) is 0.543. The van der Waals surface area contributed by atoms with E-state index in [4.69, 9.17) is 10.3 Å². The Morgan fingerprint density at radius 3 is 2.46 bits per heavy atom. The fraction of sp³-hybridized carbons (Fsp3) is 0.241. The van der Waals surface area contributed by atoms with Crippen molar-refractivity contribution in [1.82, 2.24) is 10.1 Å². The van der Waals surface area contributed by atoms with Gasteiger partial charge in [0.15, 0.2) is 5.78 Å². The molecule has 0 spiro atoms. The van der Waals surface area contributed by atoms with Crippen LogP contribution in [0.5, 0.6) is 0 Å². The van der Waals surface area contributed by atoms with E-state index in [1.807, 2.05) is 24.3 Å². The van der Waals surface area contributed by atoms with Crippen LogP contribution in [0.3, 0.4) is 0 Å². The van der Waals surface area contributed by atoms with E-state index in [-0.39, 0.29) is 11.7 Å². The third kappa shape index (κ3) is 5.72. The molecule has 3 aromatic carbocycles. The van der Waals surface area contributed by atoms with E-state index in [9.17, 15) is 9.59 Å². The number of aromatic nitrogens is 2. The Kier molecular flexibility index (Phi) is 7.51. The van der Waals surface area contributed by atoms with Crippen molar-refractivity contribution in [2.24, 2.45) is 5.73 Å². The van der Waals surface area contributed by atoms with Gasteiger partial charge in [0.05, 0.1) is 0 Å². The Morgan fingerprint density at radius 2 is 1.69 bits per heavy atom. The molecular formula is C29H29N3O3. The zero-order valence-corrected chi connectivity index (χ0v) is 20.1. The second-order valence-electron chi connectivity index (χ2n) is 8.64. The lowest BCUT2D eigenvalue weighted by molar-refractivity contribution is -0.118. The monoisotopic (exact) mass is 467 g/mol. The van der Waals surface area contributed by atoms with Crippen LogP contribution >= 0.6 is 0 Å². The molecule has 0 aliphatic carbocycles. The molecule has 4 aromatic rings. The first kappa shape index (κ1) is 24.1. The Labute approximate surface area is 205 Å². The molecule has 6 heteroatoms. The number of hydrogen-bond donors (Lipinski definition) is 1. The molecule has 178 valence electrons. The summed E-state index contributed by atoms with van der Waals surface area (Å²) in [6.07, 6.45) is 2.77. The van der Waals surface area contributed by atoms with Gasteiger partial charge in [0.2, 0.25) is 11.7 Å². The smallest absolute Gasteiger partial charge is 0.258 e. The van der Waals surface area contributed by atoms with Crippen LogP contribution < -0.4 is 5.73 Å². The fourth-order valence-corrected chi connectivity index (χ4v) is 4.18. The highest BCUT2D eigenvalue weighted by Gasteiger charge is 2.15. The van der Waals surface area contributed by atoms with Gasteiger partial charge in [-0.1, -0.05) is 60.6 Å². The van der Waals surface area contributed by atoms with Crippen molar-refractivity contribution in [2.45, 2.75) is 46.0 Å². The van der Waals surface area contributed by atoms with Crippen molar-refractivity contribution < 1.29 is 14.1 Å². The van der Waals surface area contributed by atoms with Gasteiger partial charge < -0.3 is 10.3 Å². The van der Waals surface area contributed by atoms with Gasteiger partial charge >= 0.3 is 0 Å². The number of nitrogens with two attached hydrogens (primary N) is 1. The summed E-state index contributed by atoms with van der Waals surface area (Å²) in [4.78, 5) is 28.0. The first-order valence-corrected chi connectivity index (χ1v) is 11.9. The van der Waals surface area contributed by atoms with Crippen LogP contribution in [0.4, 0.5) is 0 Å². The van der Waals surface area contributed by atoms with Crippen LogP contribution in [0, 0.1) is 6.92 Å². The summed E-state index contributed by atoms with van der Waals surface area (Å²) < 4.78 is 5.59. The molecule has 0 aliphatic rings. The number of carbonyl (C=O) groups excluding carboxylic acids is 2. The van der Waals surface area contributed by atoms with Crippen molar-refractivity contribution in [3.8, 4) is 34.0 Å². The lowest BCUT2D eigenvalue weighted by Crippen LogP contribution is -2.10. The SMILES string of the molecule is CCc1cc(-c2nc(-c3cccc(C(=O)CCCCC(N)=O)c3)no2)ccc1-c1ccccc1C. The number of nitrogens with zero attached hydrogens (tertiary/aromatic N) is 2. The van der Waals surface area contributed by atoms with Crippen molar-refractivity contribution in [1.29, 1.82) is 0 Å². The third-order valence-electron chi connectivity index (χ3n) is 6.11. The number of benzene rings is 3. The average Bonchev–Trinajstić information content (AvgIpc) is 3.37. The molecule has 0 saturated carbocycles. The molecule has 2 N–H and O–H groups in total. The van der Waals surface area contributed by atoms with Crippen molar-refractivity contribution in [3.63, 3.8) is 0 Å². The number of carbonyl (C=O) groups is 2. The predicted molar refractivity (Wildman–Crippen MR) is 137 cm³/mol. The lowest BCUT2D eigenvalue weighted by Gasteiger charge is -2.11. The topological polar surface area (TPSA) is 99.1 Å². The molecular weight excluding hydrogens is 438 g/mol. The summed E-state index contributed by atoms with van der Waals surface area (Å²) in [6.45, 7) is 4.25. The molecule has 4 rings (SSSR count). The Balaban J connectivity index is 1.54. The molecule has 1 aromatic heterocycles. The van der Waals surface area contributed by atoms with Crippen LogP contribution in [0.2, 0.25) is 0 Å². The van der Waals surface area contributed by atoms with Crippen LogP contribution in [0.15, 0.2) is 71.3 Å². The van der Waals surface area contributed by atoms with Crippen LogP contribution in [-0.2, 0) is 11.2 Å². The Morgan fingerprint density at radius 1 is 0.886 bits per heavy atom. The van der Waals surface area contributed by atoms with Crippen molar-refractivity contribution in [3.05, 3.63) is 83.4 Å². The number of rotatable bonds is 10. The zero-order valence-electron chi connectivity index (χ0n) is 20.1. The van der Waals surface area contributed by atoms with E-state index in [0.29, 0.717) is 43.0 Å². The maximum atomic E-state index is 12.6. The van der Waals surface area contributed by atoms with Crippen molar-refractivity contribution in [2.75, 3.05) is 0 Å². The highest BCUT2D eigenvalue weighted by molar-refractivity contribution is 5.97. The number of unbranched alkanes of at least 4 members (excludes halogenated alkanes) is 1. The molecule has 1 amide bonds. The van der Waals surface area contributed by atoms with E-state index in [2.05, 4.69) is 54.3 Å². The van der Waals surface area contributed by atoms with E-state index in [0.717, 1.165) is 17.5 Å². The molecule has 0 aliphatic heterocycles. The quantitative estimate of drug-likeness (QED) is 0.222. The summed E-state index contributed by atoms with van der Waals surface area (Å²) >= 11 is 0. The number of ketones is 1. The van der Waals surface area contributed by atoms with Crippen LogP contribution in [0.25, 0.3) is 34.0 Å². The minimum absolute atomic E-state index is 0.0134. The first-order valence-electron chi connectivity index (χ1n) is 11.9. The van der Waals surface area contributed by atoms with E-state index < -0.39 is 0 Å². The second kappa shape index (κ2) is 10.9. The van der Waals surface area contributed by atoms with Gasteiger partial charge in [-0.2, -0.15) is 4.98 Å². The van der Waals surface area contributed by atoms with Gasteiger partial charge in [-0.15, -0.1) is 0 Å². The maximum Gasteiger partial charge on any atom is 0.258 e. The minimum atomic E-state index is -0.344. The average molecular weight is 468 g/mol. The molecule has 0 atom stereocenters. The molecule has 6 nitrogen and oxygen atoms in total. The van der Waals surface area contributed by atoms with Crippen LogP contribution in [-0.4, -0.2) is 21.8 Å². The number of primary amides is 1. The van der Waals surface area contributed by atoms with Gasteiger partial charge in [0.25, 0.3) is 5.89 Å². The minimum Gasteiger partial charge on any atom is -0.370 e. The standard InChI is InChI=1S/C29H29N3O3/c1-3-20-17-23(15-16-25(20)24-12-5-4-9-19(24)2)29-31-28(32-35-29)22-11-8-10-21(18-22)26(33)13-6-7-14-27(30)34/h4-5,8-12,15-18H,3,6-7,13-14H2,1-2H3,(H2,30,34). The molecule has 0 saturated heterocycles. The van der Waals surface area contributed by atoms with Crippen LogP contribution in [0.1, 0.15) is 54.1 Å². The van der Waals surface area contributed by atoms with E-state index >= 15 is 0 Å². The summed E-state index contributed by atoms with van der Waals surface area (Å²) in [5, 5.41) is 4.16. The van der Waals surface area contributed by atoms with Gasteiger partial charge in [-0.3, -0.25) is 9.59 Å². The van der Waals surface area contributed by atoms with Gasteiger partial charge in [-0.05, 0) is 66.6 Å². The highest BCUT2D eigenvalue weighted by atomic mass is 16.5. The van der Waals surface area contributed by atoms with Gasteiger partial charge in [0.1, 0.15) is 0 Å². The van der Waals surface area contributed by atoms with Crippen molar-refractivity contribution >= 4 is 11.7 Å². The lowest BCUT2D eigenvalue weighted by atomic mass is 9.93. The van der Waals surface area contributed by atoms with E-state index in [1.165, 1.54) is 22.3 Å². The largest absolute Gasteiger partial charge is 0.370 e. The van der Waals surface area contributed by atoms with E-state index in [1.54, 1.807) is 12.1 Å². The Hall–Kier alpha value is -4.06. The summed E-state index contributed by atoms with van der Waals surface area (Å²) in [6, 6.07) is 21.8. The Bertz CT molecular complexity index is 1360.